The summed E-state index contributed by atoms with van der Waals surface area (Å²) in [6.07, 6.45) is 0.854. The molecule has 6 heteroatoms. The van der Waals surface area contributed by atoms with Crippen LogP contribution in [0.15, 0.2) is 18.2 Å². The summed E-state index contributed by atoms with van der Waals surface area (Å²) in [5.41, 5.74) is 1.65. The van der Waals surface area contributed by atoms with Gasteiger partial charge >= 0.3 is 12.0 Å². The van der Waals surface area contributed by atoms with Gasteiger partial charge in [0.25, 0.3) is 0 Å². The van der Waals surface area contributed by atoms with Gasteiger partial charge in [-0.3, -0.25) is 4.79 Å². The first-order valence-electron chi connectivity index (χ1n) is 6.92. The number of methoxy groups -OCH3 is 1. The van der Waals surface area contributed by atoms with Gasteiger partial charge in [-0.15, -0.1) is 0 Å². The Morgan fingerprint density at radius 2 is 2.24 bits per heavy atom. The minimum atomic E-state index is -0.812. The van der Waals surface area contributed by atoms with Gasteiger partial charge in [0.15, 0.2) is 0 Å². The average molecular weight is 292 g/mol. The Bertz CT molecular complexity index is 544. The normalized spacial score (nSPS) is 17.6. The van der Waals surface area contributed by atoms with Crippen molar-refractivity contribution in [2.24, 2.45) is 5.92 Å². The number of benzene rings is 1. The molecular formula is C15H20N2O4. The van der Waals surface area contributed by atoms with Crippen molar-refractivity contribution in [2.45, 2.75) is 19.8 Å². The van der Waals surface area contributed by atoms with E-state index in [0.717, 1.165) is 17.7 Å². The van der Waals surface area contributed by atoms with E-state index in [0.29, 0.717) is 18.8 Å². The van der Waals surface area contributed by atoms with Crippen molar-refractivity contribution in [1.82, 2.24) is 4.90 Å². The zero-order valence-electron chi connectivity index (χ0n) is 12.3. The predicted octanol–water partition coefficient (Wildman–Crippen LogP) is 2.33. The molecule has 6 nitrogen and oxygen atoms in total. The Hall–Kier alpha value is -2.24. The van der Waals surface area contributed by atoms with Crippen LogP contribution in [0.5, 0.6) is 5.75 Å². The minimum Gasteiger partial charge on any atom is -0.496 e. The maximum Gasteiger partial charge on any atom is 0.321 e. The number of urea groups is 1. The number of ether oxygens (including phenoxy) is 1. The Balaban J connectivity index is 1.93. The van der Waals surface area contributed by atoms with Crippen molar-refractivity contribution in [3.63, 3.8) is 0 Å². The van der Waals surface area contributed by atoms with Gasteiger partial charge < -0.3 is 20.1 Å². The third-order valence-electron chi connectivity index (χ3n) is 3.68. The highest BCUT2D eigenvalue weighted by Gasteiger charge is 2.27. The predicted molar refractivity (Wildman–Crippen MR) is 78.7 cm³/mol. The highest BCUT2D eigenvalue weighted by molar-refractivity contribution is 5.89. The molecule has 1 aliphatic rings. The lowest BCUT2D eigenvalue weighted by Gasteiger charge is -2.17. The molecule has 2 N–H and O–H groups in total. The number of rotatable bonds is 4. The summed E-state index contributed by atoms with van der Waals surface area (Å²) in [6, 6.07) is 5.26. The zero-order chi connectivity index (χ0) is 15.4. The van der Waals surface area contributed by atoms with Gasteiger partial charge in [0, 0.05) is 25.2 Å². The molecule has 1 fully saturated rings. The molecule has 2 rings (SSSR count). The van der Waals surface area contributed by atoms with Gasteiger partial charge in [-0.1, -0.05) is 0 Å². The van der Waals surface area contributed by atoms with E-state index >= 15 is 0 Å². The molecule has 0 spiro atoms. The van der Waals surface area contributed by atoms with Gasteiger partial charge in [0.2, 0.25) is 0 Å². The summed E-state index contributed by atoms with van der Waals surface area (Å²) in [4.78, 5) is 24.5. The van der Waals surface area contributed by atoms with Crippen LogP contribution in [0.3, 0.4) is 0 Å². The maximum absolute atomic E-state index is 12.1. The van der Waals surface area contributed by atoms with E-state index in [2.05, 4.69) is 5.32 Å². The molecule has 0 radical (unpaired) electrons. The van der Waals surface area contributed by atoms with Crippen LogP contribution >= 0.6 is 0 Å². The molecule has 21 heavy (non-hydrogen) atoms. The first kappa shape index (κ1) is 15.2. The fourth-order valence-electron chi connectivity index (χ4n) is 2.59. The van der Waals surface area contributed by atoms with E-state index in [9.17, 15) is 9.59 Å². The van der Waals surface area contributed by atoms with Crippen molar-refractivity contribution in [3.8, 4) is 5.75 Å². The van der Waals surface area contributed by atoms with E-state index in [-0.39, 0.29) is 18.4 Å². The molecule has 0 aromatic heterocycles. The minimum absolute atomic E-state index is 0.0471. The second-order valence-electron chi connectivity index (χ2n) is 5.31. The SMILES string of the molecule is COc1ccc(NC(=O)N2CCC(CC(=O)O)C2)cc1C. The Labute approximate surface area is 123 Å². The number of aryl methyl sites for hydroxylation is 1. The van der Waals surface area contributed by atoms with Crippen LogP contribution in [0.2, 0.25) is 0 Å². The van der Waals surface area contributed by atoms with Crippen molar-refractivity contribution in [2.75, 3.05) is 25.5 Å². The molecule has 0 aliphatic carbocycles. The molecule has 2 amide bonds. The summed E-state index contributed by atoms with van der Waals surface area (Å²) in [5, 5.41) is 11.6. The number of nitrogens with one attached hydrogen (secondary N) is 1. The van der Waals surface area contributed by atoms with Gasteiger partial charge in [-0.05, 0) is 43.0 Å². The molecular weight excluding hydrogens is 272 g/mol. The monoisotopic (exact) mass is 292 g/mol. The molecule has 1 aromatic carbocycles. The topological polar surface area (TPSA) is 78.9 Å². The molecule has 1 aliphatic heterocycles. The van der Waals surface area contributed by atoms with Crippen LogP contribution in [-0.4, -0.2) is 42.2 Å². The first-order valence-corrected chi connectivity index (χ1v) is 6.92. The lowest BCUT2D eigenvalue weighted by molar-refractivity contribution is -0.138. The molecule has 114 valence electrons. The van der Waals surface area contributed by atoms with Gasteiger partial charge in [-0.2, -0.15) is 0 Å². The van der Waals surface area contributed by atoms with Crippen LogP contribution in [-0.2, 0) is 4.79 Å². The van der Waals surface area contributed by atoms with Crippen molar-refractivity contribution in [3.05, 3.63) is 23.8 Å². The van der Waals surface area contributed by atoms with Crippen molar-refractivity contribution >= 4 is 17.7 Å². The Morgan fingerprint density at radius 1 is 1.48 bits per heavy atom. The highest BCUT2D eigenvalue weighted by Crippen LogP contribution is 2.23. The second-order valence-corrected chi connectivity index (χ2v) is 5.31. The van der Waals surface area contributed by atoms with E-state index in [1.807, 2.05) is 19.1 Å². The van der Waals surface area contributed by atoms with Crippen molar-refractivity contribution in [1.29, 1.82) is 0 Å². The van der Waals surface area contributed by atoms with E-state index < -0.39 is 5.97 Å². The van der Waals surface area contributed by atoms with Gasteiger partial charge in [0.1, 0.15) is 5.75 Å². The number of carboxylic acid groups (broad SMARTS) is 1. The lowest BCUT2D eigenvalue weighted by atomic mass is 10.1. The Morgan fingerprint density at radius 3 is 2.86 bits per heavy atom. The maximum atomic E-state index is 12.1. The van der Waals surface area contributed by atoms with E-state index in [1.165, 1.54) is 0 Å². The largest absolute Gasteiger partial charge is 0.496 e. The number of anilines is 1. The van der Waals surface area contributed by atoms with Crippen LogP contribution in [0.4, 0.5) is 10.5 Å². The van der Waals surface area contributed by atoms with Crippen molar-refractivity contribution < 1.29 is 19.4 Å². The third kappa shape index (κ3) is 3.87. The smallest absolute Gasteiger partial charge is 0.321 e. The molecule has 1 unspecified atom stereocenters. The summed E-state index contributed by atoms with van der Waals surface area (Å²) in [5.74, 6) is 0.00887. The number of carbonyl (C=O) groups excluding carboxylic acids is 1. The van der Waals surface area contributed by atoms with Gasteiger partial charge in [0.05, 0.1) is 7.11 Å². The highest BCUT2D eigenvalue weighted by atomic mass is 16.5. The summed E-state index contributed by atoms with van der Waals surface area (Å²) < 4.78 is 5.18. The number of carbonyl (C=O) groups is 2. The molecule has 0 saturated carbocycles. The van der Waals surface area contributed by atoms with E-state index in [4.69, 9.17) is 9.84 Å². The molecule has 1 heterocycles. The third-order valence-corrected chi connectivity index (χ3v) is 3.68. The van der Waals surface area contributed by atoms with Crippen LogP contribution in [0.1, 0.15) is 18.4 Å². The second kappa shape index (κ2) is 6.47. The number of amides is 2. The molecule has 0 bridgehead atoms. The number of likely N-dealkylation sites (tertiary alicyclic amines) is 1. The van der Waals surface area contributed by atoms with Crippen LogP contribution in [0.25, 0.3) is 0 Å². The number of nitrogens with zero attached hydrogens (tertiary/aromatic N) is 1. The first-order chi connectivity index (χ1) is 9.99. The fourth-order valence-corrected chi connectivity index (χ4v) is 2.59. The number of hydrogen-bond acceptors (Lipinski definition) is 3. The van der Waals surface area contributed by atoms with Crippen LogP contribution < -0.4 is 10.1 Å². The van der Waals surface area contributed by atoms with Gasteiger partial charge in [-0.25, -0.2) is 4.79 Å². The standard InChI is InChI=1S/C15H20N2O4/c1-10-7-12(3-4-13(10)21-2)16-15(20)17-6-5-11(9-17)8-14(18)19/h3-4,7,11H,5-6,8-9H2,1-2H3,(H,16,20)(H,18,19). The molecule has 1 saturated heterocycles. The quantitative estimate of drug-likeness (QED) is 0.892. The average Bonchev–Trinajstić information content (AvgIpc) is 2.86. The van der Waals surface area contributed by atoms with E-state index in [1.54, 1.807) is 18.1 Å². The molecule has 1 atom stereocenters. The summed E-state index contributed by atoms with van der Waals surface area (Å²) >= 11 is 0. The number of aliphatic carboxylic acids is 1. The lowest BCUT2D eigenvalue weighted by Crippen LogP contribution is -2.33. The number of carboxylic acids is 1. The Kier molecular flexibility index (Phi) is 4.67. The zero-order valence-corrected chi connectivity index (χ0v) is 12.3. The summed E-state index contributed by atoms with van der Waals surface area (Å²) in [6.45, 7) is 3.00. The fraction of sp³-hybridized carbons (Fsp3) is 0.467. The number of hydrogen-bond donors (Lipinski definition) is 2. The molecule has 1 aromatic rings. The summed E-state index contributed by atoms with van der Waals surface area (Å²) in [7, 11) is 1.60. The van der Waals surface area contributed by atoms with Crippen LogP contribution in [0, 0.1) is 12.8 Å².